The van der Waals surface area contributed by atoms with Gasteiger partial charge in [0.15, 0.2) is 0 Å². The van der Waals surface area contributed by atoms with E-state index in [1.54, 1.807) is 7.11 Å². The van der Waals surface area contributed by atoms with Crippen molar-refractivity contribution in [3.05, 3.63) is 29.8 Å². The van der Waals surface area contributed by atoms with E-state index < -0.39 is 0 Å². The molecule has 0 saturated carbocycles. The van der Waals surface area contributed by atoms with Crippen LogP contribution in [0.3, 0.4) is 0 Å². The molecule has 2 rings (SSSR count). The van der Waals surface area contributed by atoms with E-state index in [1.165, 1.54) is 5.56 Å². The van der Waals surface area contributed by atoms with E-state index in [9.17, 15) is 0 Å². The summed E-state index contributed by atoms with van der Waals surface area (Å²) in [4.78, 5) is 2.39. The number of hydrogen-bond acceptors (Lipinski definition) is 4. The highest BCUT2D eigenvalue weighted by molar-refractivity contribution is 5.27. The van der Waals surface area contributed by atoms with Crippen molar-refractivity contribution in [1.82, 2.24) is 4.90 Å². The van der Waals surface area contributed by atoms with Gasteiger partial charge in [-0.2, -0.15) is 0 Å². The smallest absolute Gasteiger partial charge is 0.118 e. The van der Waals surface area contributed by atoms with Crippen molar-refractivity contribution in [2.45, 2.75) is 18.9 Å². The third-order valence-electron chi connectivity index (χ3n) is 3.77. The molecular weight excluding hydrogens is 238 g/mol. The first-order valence-corrected chi connectivity index (χ1v) is 7.02. The molecule has 1 aliphatic heterocycles. The second-order valence-corrected chi connectivity index (χ2v) is 5.46. The fourth-order valence-corrected chi connectivity index (χ4v) is 2.96. The number of methoxy groups -OCH3 is 1. The minimum absolute atomic E-state index is 0.281. The second-order valence-electron chi connectivity index (χ2n) is 5.46. The first-order chi connectivity index (χ1) is 9.21. The van der Waals surface area contributed by atoms with Crippen LogP contribution in [0.5, 0.6) is 5.75 Å². The molecule has 1 heterocycles. The number of rotatable bonds is 5. The molecule has 0 spiro atoms. The summed E-state index contributed by atoms with van der Waals surface area (Å²) in [6.07, 6.45) is 2.19. The Balaban J connectivity index is 1.93. The molecule has 1 fully saturated rings. The zero-order valence-electron chi connectivity index (χ0n) is 11.7. The lowest BCUT2D eigenvalue weighted by Crippen LogP contribution is -2.48. The molecule has 1 saturated heterocycles. The number of benzene rings is 1. The van der Waals surface area contributed by atoms with Gasteiger partial charge < -0.3 is 21.1 Å². The Labute approximate surface area is 115 Å². The van der Waals surface area contributed by atoms with Crippen LogP contribution >= 0.6 is 0 Å². The summed E-state index contributed by atoms with van der Waals surface area (Å²) >= 11 is 0. The van der Waals surface area contributed by atoms with Crippen molar-refractivity contribution in [3.8, 4) is 5.75 Å². The average Bonchev–Trinajstić information content (AvgIpc) is 2.39. The first kappa shape index (κ1) is 14.3. The zero-order chi connectivity index (χ0) is 13.7. The predicted molar refractivity (Wildman–Crippen MR) is 78.3 cm³/mol. The van der Waals surface area contributed by atoms with E-state index in [4.69, 9.17) is 16.2 Å². The number of ether oxygens (including phenoxy) is 1. The Morgan fingerprint density at radius 3 is 2.63 bits per heavy atom. The molecule has 0 amide bonds. The predicted octanol–water partition coefficient (Wildman–Crippen LogP) is 0.846. The SMILES string of the molecule is COc1ccc(CC2CC(N)CN(CCN)C2)cc1. The largest absolute Gasteiger partial charge is 0.497 e. The lowest BCUT2D eigenvalue weighted by Gasteiger charge is -2.36. The number of piperidine rings is 1. The van der Waals surface area contributed by atoms with Gasteiger partial charge in [0.05, 0.1) is 7.11 Å². The second kappa shape index (κ2) is 6.89. The third-order valence-corrected chi connectivity index (χ3v) is 3.77. The molecule has 1 aromatic rings. The molecule has 19 heavy (non-hydrogen) atoms. The molecule has 4 N–H and O–H groups in total. The highest BCUT2D eigenvalue weighted by Crippen LogP contribution is 2.21. The highest BCUT2D eigenvalue weighted by atomic mass is 16.5. The summed E-state index contributed by atoms with van der Waals surface area (Å²) in [7, 11) is 1.69. The van der Waals surface area contributed by atoms with E-state index in [-0.39, 0.29) is 6.04 Å². The maximum absolute atomic E-state index is 6.14. The Hall–Kier alpha value is -1.10. The first-order valence-electron chi connectivity index (χ1n) is 7.02. The molecule has 2 unspecified atom stereocenters. The lowest BCUT2D eigenvalue weighted by atomic mass is 9.89. The molecule has 0 aromatic heterocycles. The van der Waals surface area contributed by atoms with Crippen LogP contribution in [0.2, 0.25) is 0 Å². The van der Waals surface area contributed by atoms with Crippen molar-refractivity contribution < 1.29 is 4.74 Å². The maximum Gasteiger partial charge on any atom is 0.118 e. The van der Waals surface area contributed by atoms with Crippen molar-refractivity contribution in [1.29, 1.82) is 0 Å². The summed E-state index contributed by atoms with van der Waals surface area (Å²) in [5.74, 6) is 1.54. The van der Waals surface area contributed by atoms with Crippen molar-refractivity contribution in [2.75, 3.05) is 33.3 Å². The van der Waals surface area contributed by atoms with E-state index in [1.807, 2.05) is 12.1 Å². The summed E-state index contributed by atoms with van der Waals surface area (Å²) in [6.45, 7) is 3.75. The fourth-order valence-electron chi connectivity index (χ4n) is 2.96. The van der Waals surface area contributed by atoms with Gasteiger partial charge in [-0.25, -0.2) is 0 Å². The van der Waals surface area contributed by atoms with Gasteiger partial charge in [-0.05, 0) is 36.5 Å². The Morgan fingerprint density at radius 1 is 1.26 bits per heavy atom. The van der Waals surface area contributed by atoms with Crippen LogP contribution < -0.4 is 16.2 Å². The molecule has 106 valence electrons. The molecule has 1 aromatic carbocycles. The van der Waals surface area contributed by atoms with Crippen LogP contribution in [0.1, 0.15) is 12.0 Å². The van der Waals surface area contributed by atoms with Gasteiger partial charge in [-0.3, -0.25) is 0 Å². The van der Waals surface area contributed by atoms with Crippen LogP contribution in [-0.4, -0.2) is 44.2 Å². The van der Waals surface area contributed by atoms with Crippen molar-refractivity contribution in [3.63, 3.8) is 0 Å². The van der Waals surface area contributed by atoms with Gasteiger partial charge in [0.1, 0.15) is 5.75 Å². The van der Waals surface area contributed by atoms with Crippen LogP contribution in [0.15, 0.2) is 24.3 Å². The van der Waals surface area contributed by atoms with E-state index in [2.05, 4.69) is 17.0 Å². The van der Waals surface area contributed by atoms with Gasteiger partial charge in [-0.15, -0.1) is 0 Å². The summed E-state index contributed by atoms with van der Waals surface area (Å²) in [5, 5.41) is 0. The highest BCUT2D eigenvalue weighted by Gasteiger charge is 2.24. The Bertz CT molecular complexity index is 379. The standard InChI is InChI=1S/C15H25N3O/c1-19-15-4-2-12(3-5-15)8-13-9-14(17)11-18(10-13)7-6-16/h2-5,13-14H,6-11,16-17H2,1H3. The topological polar surface area (TPSA) is 64.5 Å². The van der Waals surface area contributed by atoms with Crippen LogP contribution in [0, 0.1) is 5.92 Å². The average molecular weight is 263 g/mol. The van der Waals surface area contributed by atoms with Gasteiger partial charge in [0.25, 0.3) is 0 Å². The third kappa shape index (κ3) is 4.20. The van der Waals surface area contributed by atoms with E-state index >= 15 is 0 Å². The molecule has 2 atom stereocenters. The minimum atomic E-state index is 0.281. The minimum Gasteiger partial charge on any atom is -0.497 e. The summed E-state index contributed by atoms with van der Waals surface area (Å²) < 4.78 is 5.18. The lowest BCUT2D eigenvalue weighted by molar-refractivity contribution is 0.160. The van der Waals surface area contributed by atoms with Crippen LogP contribution in [0.25, 0.3) is 0 Å². The Morgan fingerprint density at radius 2 is 2.00 bits per heavy atom. The van der Waals surface area contributed by atoms with Gasteiger partial charge in [-0.1, -0.05) is 12.1 Å². The normalized spacial score (nSPS) is 24.4. The summed E-state index contributed by atoms with van der Waals surface area (Å²) in [5.41, 5.74) is 13.1. The van der Waals surface area contributed by atoms with Crippen LogP contribution in [-0.2, 0) is 6.42 Å². The van der Waals surface area contributed by atoms with Crippen molar-refractivity contribution in [2.24, 2.45) is 17.4 Å². The molecule has 1 aliphatic rings. The van der Waals surface area contributed by atoms with Gasteiger partial charge in [0, 0.05) is 32.2 Å². The van der Waals surface area contributed by atoms with Gasteiger partial charge in [0.2, 0.25) is 0 Å². The van der Waals surface area contributed by atoms with E-state index in [0.29, 0.717) is 12.5 Å². The van der Waals surface area contributed by atoms with Gasteiger partial charge >= 0.3 is 0 Å². The Kier molecular flexibility index (Phi) is 5.19. The number of hydrogen-bond donors (Lipinski definition) is 2. The molecular formula is C15H25N3O. The van der Waals surface area contributed by atoms with E-state index in [0.717, 1.165) is 38.2 Å². The number of nitrogens with zero attached hydrogens (tertiary/aromatic N) is 1. The molecule has 4 nitrogen and oxygen atoms in total. The molecule has 4 heteroatoms. The number of likely N-dealkylation sites (tertiary alicyclic amines) is 1. The molecule has 0 radical (unpaired) electrons. The summed E-state index contributed by atoms with van der Waals surface area (Å²) in [6, 6.07) is 8.62. The fraction of sp³-hybridized carbons (Fsp3) is 0.600. The molecule has 0 bridgehead atoms. The number of nitrogens with two attached hydrogens (primary N) is 2. The maximum atomic E-state index is 6.14. The van der Waals surface area contributed by atoms with Crippen LogP contribution in [0.4, 0.5) is 0 Å². The quantitative estimate of drug-likeness (QED) is 0.826. The van der Waals surface area contributed by atoms with Crippen molar-refractivity contribution >= 4 is 0 Å². The molecule has 0 aliphatic carbocycles. The zero-order valence-corrected chi connectivity index (χ0v) is 11.7. The monoisotopic (exact) mass is 263 g/mol.